The van der Waals surface area contributed by atoms with E-state index in [0.717, 1.165) is 45.1 Å². The molecular formula is C43H41NO5. The Bertz CT molecular complexity index is 1890. The lowest BCUT2D eigenvalue weighted by Crippen LogP contribution is -2.10. The second kappa shape index (κ2) is 17.4. The number of Topliss-reactive ketones (excluding diaryl/α,β-unsaturated/α-hetero) is 1. The first-order chi connectivity index (χ1) is 23.9. The zero-order chi connectivity index (χ0) is 34.4. The molecule has 0 saturated carbocycles. The fraction of sp³-hybridized carbons (Fsp3) is 0.163. The van der Waals surface area contributed by atoms with Crippen molar-refractivity contribution in [3.05, 3.63) is 155 Å². The first kappa shape index (κ1) is 34.6. The van der Waals surface area contributed by atoms with E-state index < -0.39 is 0 Å². The van der Waals surface area contributed by atoms with Crippen molar-refractivity contribution < 1.29 is 23.8 Å². The summed E-state index contributed by atoms with van der Waals surface area (Å²) in [5, 5.41) is 0. The van der Waals surface area contributed by atoms with Gasteiger partial charge in [-0.2, -0.15) is 0 Å². The minimum atomic E-state index is -0.346. The number of anilines is 3. The molecule has 0 aliphatic carbocycles. The number of nitrogens with zero attached hydrogens (tertiary/aromatic N) is 1. The molecular weight excluding hydrogens is 610 g/mol. The van der Waals surface area contributed by atoms with Crippen LogP contribution < -0.4 is 9.64 Å². The Balaban J connectivity index is 1.27. The van der Waals surface area contributed by atoms with E-state index in [-0.39, 0.29) is 38.0 Å². The number of rotatable bonds is 15. The summed E-state index contributed by atoms with van der Waals surface area (Å²) in [6, 6.07) is 41.1. The molecule has 0 fully saturated rings. The van der Waals surface area contributed by atoms with Crippen LogP contribution in [0.4, 0.5) is 17.1 Å². The molecule has 0 amide bonds. The molecule has 0 saturated heterocycles. The molecule has 6 nitrogen and oxygen atoms in total. The highest BCUT2D eigenvalue weighted by atomic mass is 16.6. The summed E-state index contributed by atoms with van der Waals surface area (Å²) in [5.41, 5.74) is 9.18. The van der Waals surface area contributed by atoms with Crippen molar-refractivity contribution in [3.8, 4) is 5.75 Å². The van der Waals surface area contributed by atoms with Crippen molar-refractivity contribution in [1.82, 2.24) is 0 Å². The molecule has 0 radical (unpaired) electrons. The molecule has 0 aliphatic heterocycles. The highest BCUT2D eigenvalue weighted by Crippen LogP contribution is 2.35. The molecule has 5 aromatic rings. The molecule has 5 aromatic carbocycles. The first-order valence-corrected chi connectivity index (χ1v) is 16.3. The molecule has 248 valence electrons. The number of aryl methyl sites for hydroxylation is 1. The van der Waals surface area contributed by atoms with Gasteiger partial charge in [0, 0.05) is 36.0 Å². The molecule has 49 heavy (non-hydrogen) atoms. The van der Waals surface area contributed by atoms with Gasteiger partial charge < -0.3 is 19.1 Å². The van der Waals surface area contributed by atoms with Crippen molar-refractivity contribution in [2.24, 2.45) is 0 Å². The normalized spacial score (nSPS) is 11.2. The van der Waals surface area contributed by atoms with E-state index in [1.807, 2.05) is 54.6 Å². The summed E-state index contributed by atoms with van der Waals surface area (Å²) >= 11 is 0. The van der Waals surface area contributed by atoms with E-state index in [1.54, 1.807) is 7.11 Å². The number of ether oxygens (including phenoxy) is 3. The number of methoxy groups -OCH3 is 1. The standard InChI is InChI=1S/C43H41NO5/c1-32-10-20-39(21-11-32)44(41-24-18-35(19-25-41)13-15-37-7-5-9-42(31-37)47-3)40-22-16-34(17-23-40)12-14-36-6-4-8-38(30-36)43(46)26-27-48-28-29-49-33(2)45/h4-25,30-31H,26-29H2,1-3H3/b14-12+,15-13+. The largest absolute Gasteiger partial charge is 0.497 e. The van der Waals surface area contributed by atoms with Crippen LogP contribution in [0.2, 0.25) is 0 Å². The van der Waals surface area contributed by atoms with Crippen LogP contribution in [-0.4, -0.2) is 38.7 Å². The van der Waals surface area contributed by atoms with Crippen LogP contribution in [0.25, 0.3) is 24.3 Å². The fourth-order valence-corrected chi connectivity index (χ4v) is 5.21. The van der Waals surface area contributed by atoms with E-state index in [2.05, 4.69) is 103 Å². The monoisotopic (exact) mass is 651 g/mol. The van der Waals surface area contributed by atoms with Gasteiger partial charge in [-0.3, -0.25) is 9.59 Å². The third-order valence-electron chi connectivity index (χ3n) is 7.84. The Morgan fingerprint density at radius 1 is 0.612 bits per heavy atom. The average Bonchev–Trinajstić information content (AvgIpc) is 3.13. The van der Waals surface area contributed by atoms with E-state index >= 15 is 0 Å². The smallest absolute Gasteiger partial charge is 0.302 e. The SMILES string of the molecule is COc1cccc(/C=C/c2ccc(N(c3ccc(C)cc3)c3ccc(/C=C/c4cccc(C(=O)CCOCCOC(C)=O)c4)cc3)cc2)c1. The summed E-state index contributed by atoms with van der Waals surface area (Å²) in [5.74, 6) is 0.494. The minimum absolute atomic E-state index is 0.00389. The van der Waals surface area contributed by atoms with Crippen LogP contribution in [-0.2, 0) is 14.3 Å². The van der Waals surface area contributed by atoms with E-state index in [0.29, 0.717) is 5.56 Å². The summed E-state index contributed by atoms with van der Waals surface area (Å²) in [6.45, 7) is 4.18. The lowest BCUT2D eigenvalue weighted by Gasteiger charge is -2.26. The van der Waals surface area contributed by atoms with Crippen LogP contribution in [0.3, 0.4) is 0 Å². The predicted molar refractivity (Wildman–Crippen MR) is 200 cm³/mol. The maximum absolute atomic E-state index is 12.7. The van der Waals surface area contributed by atoms with Crippen molar-refractivity contribution in [2.75, 3.05) is 31.8 Å². The lowest BCUT2D eigenvalue weighted by atomic mass is 10.0. The van der Waals surface area contributed by atoms with Gasteiger partial charge in [0.25, 0.3) is 0 Å². The first-order valence-electron chi connectivity index (χ1n) is 16.3. The van der Waals surface area contributed by atoms with Crippen molar-refractivity contribution >= 4 is 53.1 Å². The summed E-state index contributed by atoms with van der Waals surface area (Å²) in [7, 11) is 1.68. The molecule has 0 heterocycles. The minimum Gasteiger partial charge on any atom is -0.497 e. The van der Waals surface area contributed by atoms with Crippen LogP contribution in [0.1, 0.15) is 51.5 Å². The zero-order valence-corrected chi connectivity index (χ0v) is 28.2. The molecule has 0 N–H and O–H groups in total. The third-order valence-corrected chi connectivity index (χ3v) is 7.84. The number of hydrogen-bond acceptors (Lipinski definition) is 6. The molecule has 5 rings (SSSR count). The predicted octanol–water partition coefficient (Wildman–Crippen LogP) is 9.97. The Morgan fingerprint density at radius 2 is 1.14 bits per heavy atom. The third kappa shape index (κ3) is 10.4. The number of esters is 1. The Kier molecular flexibility index (Phi) is 12.3. The van der Waals surface area contributed by atoms with E-state index in [9.17, 15) is 9.59 Å². The highest BCUT2D eigenvalue weighted by Gasteiger charge is 2.12. The molecule has 0 aliphatic rings. The maximum atomic E-state index is 12.7. The van der Waals surface area contributed by atoms with Gasteiger partial charge in [0.2, 0.25) is 0 Å². The topological polar surface area (TPSA) is 65.1 Å². The molecule has 0 unspecified atom stereocenters. The van der Waals surface area contributed by atoms with Gasteiger partial charge in [-0.05, 0) is 83.8 Å². The summed E-state index contributed by atoms with van der Waals surface area (Å²) < 4.78 is 15.6. The highest BCUT2D eigenvalue weighted by molar-refractivity contribution is 5.96. The Morgan fingerprint density at radius 3 is 1.71 bits per heavy atom. The van der Waals surface area contributed by atoms with Gasteiger partial charge in [-0.15, -0.1) is 0 Å². The van der Waals surface area contributed by atoms with Crippen LogP contribution in [0.15, 0.2) is 121 Å². The fourth-order valence-electron chi connectivity index (χ4n) is 5.21. The number of ketones is 1. The quantitative estimate of drug-likeness (QED) is 0.0486. The number of benzene rings is 5. The van der Waals surface area contributed by atoms with Crippen LogP contribution in [0, 0.1) is 6.92 Å². The van der Waals surface area contributed by atoms with Crippen molar-refractivity contribution in [1.29, 1.82) is 0 Å². The van der Waals surface area contributed by atoms with Crippen LogP contribution >= 0.6 is 0 Å². The maximum Gasteiger partial charge on any atom is 0.302 e. The van der Waals surface area contributed by atoms with Gasteiger partial charge in [0.05, 0.1) is 20.3 Å². The number of carbonyl (C=O) groups is 2. The van der Waals surface area contributed by atoms with Crippen molar-refractivity contribution in [3.63, 3.8) is 0 Å². The molecule has 0 aromatic heterocycles. The molecule has 0 atom stereocenters. The lowest BCUT2D eigenvalue weighted by molar-refractivity contribution is -0.142. The Labute approximate surface area is 288 Å². The number of hydrogen-bond donors (Lipinski definition) is 0. The van der Waals surface area contributed by atoms with Gasteiger partial charge >= 0.3 is 5.97 Å². The average molecular weight is 652 g/mol. The Hall–Kier alpha value is -5.72. The molecule has 0 spiro atoms. The summed E-state index contributed by atoms with van der Waals surface area (Å²) in [4.78, 5) is 25.8. The van der Waals surface area contributed by atoms with Gasteiger partial charge in [-0.1, -0.05) is 96.6 Å². The number of carbonyl (C=O) groups excluding carboxylic acids is 2. The second-order valence-corrected chi connectivity index (χ2v) is 11.5. The summed E-state index contributed by atoms with van der Waals surface area (Å²) in [6.07, 6.45) is 8.51. The van der Waals surface area contributed by atoms with Crippen LogP contribution in [0.5, 0.6) is 5.75 Å². The van der Waals surface area contributed by atoms with Gasteiger partial charge in [0.1, 0.15) is 12.4 Å². The second-order valence-electron chi connectivity index (χ2n) is 11.5. The van der Waals surface area contributed by atoms with Gasteiger partial charge in [-0.25, -0.2) is 0 Å². The van der Waals surface area contributed by atoms with E-state index in [1.165, 1.54) is 12.5 Å². The zero-order valence-electron chi connectivity index (χ0n) is 28.2. The van der Waals surface area contributed by atoms with E-state index in [4.69, 9.17) is 14.2 Å². The van der Waals surface area contributed by atoms with Crippen molar-refractivity contribution in [2.45, 2.75) is 20.3 Å². The molecule has 6 heteroatoms. The van der Waals surface area contributed by atoms with Gasteiger partial charge in [0.15, 0.2) is 5.78 Å². The molecule has 0 bridgehead atoms.